The van der Waals surface area contributed by atoms with Gasteiger partial charge in [-0.2, -0.15) is 0 Å². The maximum Gasteiger partial charge on any atom is 0.332 e. The van der Waals surface area contributed by atoms with Crippen molar-refractivity contribution in [1.29, 1.82) is 0 Å². The van der Waals surface area contributed by atoms with Crippen molar-refractivity contribution in [2.75, 3.05) is 0 Å². The minimum absolute atomic E-state index is 0.151. The summed E-state index contributed by atoms with van der Waals surface area (Å²) in [5.74, 6) is -0.667. The molecule has 118 valence electrons. The third-order valence-electron chi connectivity index (χ3n) is 2.75. The van der Waals surface area contributed by atoms with Crippen molar-refractivity contribution < 1.29 is 23.9 Å². The summed E-state index contributed by atoms with van der Waals surface area (Å²) in [4.78, 5) is 38.6. The molecule has 0 atom stereocenters. The van der Waals surface area contributed by atoms with Gasteiger partial charge in [-0.1, -0.05) is 10.3 Å². The molecule has 1 aliphatic rings. The average Bonchev–Trinajstić information content (AvgIpc) is 3.08. The molecule has 2 aromatic rings. The summed E-state index contributed by atoms with van der Waals surface area (Å²) in [6.07, 6.45) is 0. The summed E-state index contributed by atoms with van der Waals surface area (Å²) in [5.41, 5.74) is 1.37. The lowest BCUT2D eigenvalue weighted by Crippen LogP contribution is -2.23. The van der Waals surface area contributed by atoms with Crippen LogP contribution in [0.3, 0.4) is 0 Å². The molecule has 0 saturated carbocycles. The van der Waals surface area contributed by atoms with Gasteiger partial charge in [0.25, 0.3) is 0 Å². The number of carbonyl (C=O) groups is 2. The minimum atomic E-state index is -0.608. The monoisotopic (exact) mass is 318 g/mol. The first-order valence-corrected chi connectivity index (χ1v) is 6.39. The van der Waals surface area contributed by atoms with Crippen molar-refractivity contribution in [1.82, 2.24) is 20.3 Å². The van der Waals surface area contributed by atoms with E-state index in [0.29, 0.717) is 17.2 Å². The fourth-order valence-corrected chi connectivity index (χ4v) is 1.96. The van der Waals surface area contributed by atoms with Gasteiger partial charge in [-0.15, -0.1) is 0 Å². The second kappa shape index (κ2) is 5.44. The third kappa shape index (κ3) is 2.59. The second-order valence-corrected chi connectivity index (χ2v) is 4.55. The molecule has 0 fully saturated rings. The van der Waals surface area contributed by atoms with Gasteiger partial charge >= 0.3 is 11.9 Å². The van der Waals surface area contributed by atoms with E-state index in [0.717, 1.165) is 0 Å². The number of rotatable bonds is 2. The Balaban J connectivity index is 2.18. The number of aryl methyl sites for hydroxylation is 1. The molecule has 0 spiro atoms. The zero-order valence-corrected chi connectivity index (χ0v) is 12.3. The van der Waals surface area contributed by atoms with Gasteiger partial charge in [0.05, 0.1) is 5.69 Å². The number of imidazole rings is 1. The molecule has 2 heterocycles. The number of aromatic nitrogens is 4. The molecule has 23 heavy (non-hydrogen) atoms. The van der Waals surface area contributed by atoms with E-state index >= 15 is 0 Å². The number of fused-ring (bicyclic) bond motifs is 2. The Kier molecular flexibility index (Phi) is 3.44. The van der Waals surface area contributed by atoms with Crippen molar-refractivity contribution >= 4 is 23.4 Å². The predicted octanol–water partition coefficient (Wildman–Crippen LogP) is 0.0455. The number of carbonyl (C=O) groups excluding carboxylic acids is 2. The number of hydrogen-bond donors (Lipinski definition) is 1. The third-order valence-corrected chi connectivity index (χ3v) is 2.75. The van der Waals surface area contributed by atoms with Gasteiger partial charge in [0.2, 0.25) is 0 Å². The number of hydrogen-bond acceptors (Lipinski definition) is 10. The highest BCUT2D eigenvalue weighted by Gasteiger charge is 2.36. The lowest BCUT2D eigenvalue weighted by Gasteiger charge is -2.10. The number of H-pyrrole nitrogens is 1. The molecule has 0 amide bonds. The van der Waals surface area contributed by atoms with E-state index in [-0.39, 0.29) is 22.8 Å². The van der Waals surface area contributed by atoms with Gasteiger partial charge < -0.3 is 14.7 Å². The van der Waals surface area contributed by atoms with E-state index < -0.39 is 11.9 Å². The van der Waals surface area contributed by atoms with E-state index in [2.05, 4.69) is 44.9 Å². The molecule has 11 heteroatoms. The fraction of sp³-hybridized carbons (Fsp3) is 0.250. The summed E-state index contributed by atoms with van der Waals surface area (Å²) >= 11 is 0. The van der Waals surface area contributed by atoms with Crippen LogP contribution in [0.5, 0.6) is 0 Å². The van der Waals surface area contributed by atoms with Crippen LogP contribution in [0, 0.1) is 6.92 Å². The van der Waals surface area contributed by atoms with Crippen LogP contribution in [-0.2, 0) is 19.3 Å². The Morgan fingerprint density at radius 2 is 1.57 bits per heavy atom. The normalized spacial score (nSPS) is 16.1. The van der Waals surface area contributed by atoms with Crippen LogP contribution in [0.1, 0.15) is 42.4 Å². The lowest BCUT2D eigenvalue weighted by molar-refractivity contribution is -0.141. The van der Waals surface area contributed by atoms with Crippen LogP contribution in [-0.4, -0.2) is 43.6 Å². The molecule has 11 nitrogen and oxygen atoms in total. The van der Waals surface area contributed by atoms with E-state index in [1.165, 1.54) is 13.8 Å². The highest BCUT2D eigenvalue weighted by Crippen LogP contribution is 2.25. The standard InChI is InChI=1S/C12H10N6O5/c1-4-13-7-8(14-4)10(16-22-6(3)20)12-11(17-23-18-12)9(7)15-21-5(2)19/h1-3H3,(H,13,14). The molecular formula is C12H10N6O5. The summed E-state index contributed by atoms with van der Waals surface area (Å²) in [5, 5.41) is 14.9. The highest BCUT2D eigenvalue weighted by atomic mass is 16.7. The van der Waals surface area contributed by atoms with Gasteiger partial charge in [-0.3, -0.25) is 0 Å². The molecule has 3 rings (SSSR count). The van der Waals surface area contributed by atoms with Crippen LogP contribution in [0.25, 0.3) is 0 Å². The molecule has 0 radical (unpaired) electrons. The minimum Gasteiger partial charge on any atom is -0.340 e. The predicted molar refractivity (Wildman–Crippen MR) is 72.4 cm³/mol. The first kappa shape index (κ1) is 14.6. The van der Waals surface area contributed by atoms with E-state index in [9.17, 15) is 9.59 Å². The summed E-state index contributed by atoms with van der Waals surface area (Å²) in [6, 6.07) is 0. The van der Waals surface area contributed by atoms with Crippen LogP contribution in [0.2, 0.25) is 0 Å². The Morgan fingerprint density at radius 1 is 1.00 bits per heavy atom. The molecule has 2 aromatic heterocycles. The maximum atomic E-state index is 11.0. The van der Waals surface area contributed by atoms with E-state index in [4.69, 9.17) is 0 Å². The van der Waals surface area contributed by atoms with Crippen molar-refractivity contribution in [3.63, 3.8) is 0 Å². The summed E-state index contributed by atoms with van der Waals surface area (Å²) in [7, 11) is 0. The van der Waals surface area contributed by atoms with E-state index in [1.807, 2.05) is 0 Å². The Bertz CT molecular complexity index is 795. The van der Waals surface area contributed by atoms with Crippen molar-refractivity contribution in [2.24, 2.45) is 10.3 Å². The quantitative estimate of drug-likeness (QED) is 0.515. The molecule has 1 N–H and O–H groups in total. The molecular weight excluding hydrogens is 308 g/mol. The van der Waals surface area contributed by atoms with Gasteiger partial charge in [0.1, 0.15) is 11.5 Å². The molecule has 0 aliphatic heterocycles. The first-order valence-electron chi connectivity index (χ1n) is 6.39. The summed E-state index contributed by atoms with van der Waals surface area (Å²) < 4.78 is 4.69. The second-order valence-electron chi connectivity index (χ2n) is 4.55. The van der Waals surface area contributed by atoms with Crippen molar-refractivity contribution in [2.45, 2.75) is 20.8 Å². The molecule has 0 saturated heterocycles. The Morgan fingerprint density at radius 3 is 2.17 bits per heavy atom. The average molecular weight is 318 g/mol. The topological polar surface area (TPSA) is 145 Å². The number of nitrogens with one attached hydrogen (secondary N) is 1. The molecule has 0 aromatic carbocycles. The number of oxime groups is 2. The fourth-order valence-electron chi connectivity index (χ4n) is 1.96. The van der Waals surface area contributed by atoms with Gasteiger partial charge in [-0.25, -0.2) is 19.2 Å². The number of nitrogens with zero attached hydrogens (tertiary/aromatic N) is 5. The molecule has 0 bridgehead atoms. The van der Waals surface area contributed by atoms with Crippen molar-refractivity contribution in [3.8, 4) is 0 Å². The Hall–Kier alpha value is -3.37. The zero-order valence-electron chi connectivity index (χ0n) is 12.3. The van der Waals surface area contributed by atoms with Gasteiger partial charge in [-0.05, 0) is 17.2 Å². The smallest absolute Gasteiger partial charge is 0.332 e. The first-order chi connectivity index (χ1) is 11.0. The zero-order chi connectivity index (χ0) is 16.6. The molecule has 1 aliphatic carbocycles. The summed E-state index contributed by atoms with van der Waals surface area (Å²) in [6.45, 7) is 4.13. The maximum absolute atomic E-state index is 11.0. The Labute approximate surface area is 128 Å². The lowest BCUT2D eigenvalue weighted by atomic mass is 9.98. The van der Waals surface area contributed by atoms with Crippen molar-refractivity contribution in [3.05, 3.63) is 28.6 Å². The SMILES string of the molecule is CC(=O)ON=C1c2nonc2C(=NOC(C)=O)c2[nH]c(C)nc21. The van der Waals surface area contributed by atoms with Crippen LogP contribution >= 0.6 is 0 Å². The number of aromatic amines is 1. The van der Waals surface area contributed by atoms with Crippen LogP contribution < -0.4 is 0 Å². The highest BCUT2D eigenvalue weighted by molar-refractivity contribution is 6.28. The van der Waals surface area contributed by atoms with Crippen LogP contribution in [0.4, 0.5) is 0 Å². The molecule has 0 unspecified atom stereocenters. The van der Waals surface area contributed by atoms with Gasteiger partial charge in [0.15, 0.2) is 22.8 Å². The van der Waals surface area contributed by atoms with Crippen LogP contribution in [0.15, 0.2) is 14.9 Å². The largest absolute Gasteiger partial charge is 0.340 e. The van der Waals surface area contributed by atoms with Gasteiger partial charge in [0, 0.05) is 13.8 Å². The van der Waals surface area contributed by atoms with E-state index in [1.54, 1.807) is 6.92 Å².